The van der Waals surface area contributed by atoms with Crippen LogP contribution >= 0.6 is 11.8 Å². The van der Waals surface area contributed by atoms with Crippen LogP contribution in [0.1, 0.15) is 16.2 Å². The van der Waals surface area contributed by atoms with Crippen LogP contribution in [-0.2, 0) is 7.05 Å². The van der Waals surface area contributed by atoms with Crippen molar-refractivity contribution in [2.24, 2.45) is 7.05 Å². The fourth-order valence-corrected chi connectivity index (χ4v) is 1.77. The summed E-state index contributed by atoms with van der Waals surface area (Å²) in [6.45, 7) is 0. The molecule has 1 heterocycles. The van der Waals surface area contributed by atoms with Gasteiger partial charge in [0.25, 0.3) is 0 Å². The molecule has 0 atom stereocenters. The Morgan fingerprint density at radius 2 is 2.25 bits per heavy atom. The van der Waals surface area contributed by atoms with E-state index in [-0.39, 0.29) is 11.6 Å². The Kier molecular flexibility index (Phi) is 3.00. The molecule has 0 N–H and O–H groups in total. The summed E-state index contributed by atoms with van der Waals surface area (Å²) < 4.78 is 1.37. The van der Waals surface area contributed by atoms with Crippen LogP contribution in [-0.4, -0.2) is 32.2 Å². The van der Waals surface area contributed by atoms with Crippen molar-refractivity contribution in [2.75, 3.05) is 6.26 Å². The summed E-state index contributed by atoms with van der Waals surface area (Å²) in [4.78, 5) is 13.1. The Morgan fingerprint density at radius 1 is 1.44 bits per heavy atom. The molecule has 1 aromatic carbocycles. The van der Waals surface area contributed by atoms with E-state index in [0.717, 1.165) is 4.90 Å². The quantitative estimate of drug-likeness (QED) is 0.589. The van der Waals surface area contributed by atoms with Gasteiger partial charge >= 0.3 is 0 Å². The van der Waals surface area contributed by atoms with E-state index < -0.39 is 0 Å². The van der Waals surface area contributed by atoms with E-state index in [0.29, 0.717) is 5.56 Å². The second-order valence-electron chi connectivity index (χ2n) is 3.19. The van der Waals surface area contributed by atoms with E-state index in [1.807, 2.05) is 24.5 Å². The predicted octanol–water partition coefficient (Wildman–Crippen LogP) is 1.16. The molecular weight excluding hydrogens is 224 g/mol. The zero-order valence-electron chi connectivity index (χ0n) is 8.91. The standard InChI is InChI=1S/C10H10N4OS/c1-14-10(11-12-13-14)9(15)7-4-3-5-8(6-7)16-2/h3-6H,1-2H3. The molecule has 6 heteroatoms. The molecule has 2 aromatic rings. The Labute approximate surface area is 96.9 Å². The molecule has 82 valence electrons. The van der Waals surface area contributed by atoms with Crippen LogP contribution in [0.25, 0.3) is 0 Å². The van der Waals surface area contributed by atoms with Gasteiger partial charge in [-0.15, -0.1) is 16.9 Å². The number of carbonyl (C=O) groups is 1. The molecule has 0 radical (unpaired) electrons. The Hall–Kier alpha value is -1.69. The van der Waals surface area contributed by atoms with E-state index in [4.69, 9.17) is 0 Å². The predicted molar refractivity (Wildman–Crippen MR) is 60.5 cm³/mol. The monoisotopic (exact) mass is 234 g/mol. The normalized spacial score (nSPS) is 10.4. The summed E-state index contributed by atoms with van der Waals surface area (Å²) in [6.07, 6.45) is 1.97. The molecule has 0 aliphatic rings. The molecule has 0 fully saturated rings. The topological polar surface area (TPSA) is 60.7 Å². The highest BCUT2D eigenvalue weighted by molar-refractivity contribution is 7.98. The van der Waals surface area contributed by atoms with E-state index in [2.05, 4.69) is 15.5 Å². The third-order valence-corrected chi connectivity index (χ3v) is 2.88. The Morgan fingerprint density at radius 3 is 2.88 bits per heavy atom. The van der Waals surface area contributed by atoms with Gasteiger partial charge in [0.05, 0.1) is 0 Å². The summed E-state index contributed by atoms with van der Waals surface area (Å²) in [5.41, 5.74) is 0.602. The fraction of sp³-hybridized carbons (Fsp3) is 0.200. The molecule has 0 aliphatic heterocycles. The van der Waals surface area contributed by atoms with Crippen molar-refractivity contribution < 1.29 is 4.79 Å². The van der Waals surface area contributed by atoms with E-state index in [1.165, 1.54) is 4.68 Å². The molecule has 0 saturated heterocycles. The van der Waals surface area contributed by atoms with E-state index in [1.54, 1.807) is 24.9 Å². The van der Waals surface area contributed by atoms with Crippen LogP contribution in [0.3, 0.4) is 0 Å². The van der Waals surface area contributed by atoms with Crippen LogP contribution in [0, 0.1) is 0 Å². The maximum Gasteiger partial charge on any atom is 0.231 e. The first-order chi connectivity index (χ1) is 7.72. The smallest absolute Gasteiger partial charge is 0.231 e. The van der Waals surface area contributed by atoms with Gasteiger partial charge in [0, 0.05) is 17.5 Å². The number of hydrogen-bond donors (Lipinski definition) is 0. The fourth-order valence-electron chi connectivity index (χ4n) is 1.32. The Bertz CT molecular complexity index is 523. The van der Waals surface area contributed by atoms with Gasteiger partial charge in [-0.1, -0.05) is 12.1 Å². The highest BCUT2D eigenvalue weighted by Crippen LogP contribution is 2.17. The molecule has 1 aromatic heterocycles. The molecular formula is C10H10N4OS. The first kappa shape index (κ1) is 10.8. The first-order valence-electron chi connectivity index (χ1n) is 4.63. The Balaban J connectivity index is 2.38. The van der Waals surface area contributed by atoms with E-state index >= 15 is 0 Å². The van der Waals surface area contributed by atoms with Crippen LogP contribution in [0.15, 0.2) is 29.2 Å². The third kappa shape index (κ3) is 1.96. The second kappa shape index (κ2) is 4.44. The van der Waals surface area contributed by atoms with Gasteiger partial charge < -0.3 is 0 Å². The summed E-state index contributed by atoms with van der Waals surface area (Å²) in [5, 5.41) is 10.8. The molecule has 0 amide bonds. The summed E-state index contributed by atoms with van der Waals surface area (Å²) >= 11 is 1.59. The highest BCUT2D eigenvalue weighted by Gasteiger charge is 2.15. The van der Waals surface area contributed by atoms with Crippen LogP contribution in [0.2, 0.25) is 0 Å². The summed E-state index contributed by atoms with van der Waals surface area (Å²) in [6, 6.07) is 7.40. The molecule has 0 aliphatic carbocycles. The van der Waals surface area contributed by atoms with Crippen LogP contribution in [0.4, 0.5) is 0 Å². The minimum atomic E-state index is -0.164. The largest absolute Gasteiger partial charge is 0.285 e. The van der Waals surface area contributed by atoms with Gasteiger partial charge in [-0.25, -0.2) is 4.68 Å². The summed E-state index contributed by atoms with van der Waals surface area (Å²) in [5.74, 6) is 0.0849. The number of thioether (sulfide) groups is 1. The lowest BCUT2D eigenvalue weighted by atomic mass is 10.1. The van der Waals surface area contributed by atoms with Crippen molar-refractivity contribution in [3.8, 4) is 0 Å². The van der Waals surface area contributed by atoms with Gasteiger partial charge in [0.15, 0.2) is 0 Å². The minimum Gasteiger partial charge on any atom is -0.285 e. The first-order valence-corrected chi connectivity index (χ1v) is 5.86. The average Bonchev–Trinajstić information content (AvgIpc) is 2.74. The van der Waals surface area contributed by atoms with E-state index in [9.17, 15) is 4.79 Å². The van der Waals surface area contributed by atoms with Gasteiger partial charge in [-0.3, -0.25) is 4.79 Å². The lowest BCUT2D eigenvalue weighted by molar-refractivity contribution is 0.102. The van der Waals surface area contributed by atoms with Crippen molar-refractivity contribution >= 4 is 17.5 Å². The van der Waals surface area contributed by atoms with Crippen molar-refractivity contribution in [1.29, 1.82) is 0 Å². The SMILES string of the molecule is CSc1cccc(C(=O)c2nnnn2C)c1. The molecule has 0 spiro atoms. The third-order valence-electron chi connectivity index (χ3n) is 2.16. The zero-order valence-corrected chi connectivity index (χ0v) is 9.73. The number of rotatable bonds is 3. The molecule has 16 heavy (non-hydrogen) atoms. The summed E-state index contributed by atoms with van der Waals surface area (Å²) in [7, 11) is 1.64. The second-order valence-corrected chi connectivity index (χ2v) is 4.07. The number of nitrogens with zero attached hydrogens (tertiary/aromatic N) is 4. The van der Waals surface area contributed by atoms with Crippen molar-refractivity contribution in [2.45, 2.75) is 4.90 Å². The average molecular weight is 234 g/mol. The van der Waals surface area contributed by atoms with Crippen molar-refractivity contribution in [3.63, 3.8) is 0 Å². The van der Waals surface area contributed by atoms with Gasteiger partial charge in [-0.05, 0) is 28.8 Å². The van der Waals surface area contributed by atoms with Crippen LogP contribution < -0.4 is 0 Å². The lowest BCUT2D eigenvalue weighted by Crippen LogP contribution is -2.09. The molecule has 0 unspecified atom stereocenters. The zero-order chi connectivity index (χ0) is 11.5. The molecule has 2 rings (SSSR count). The maximum atomic E-state index is 12.0. The maximum absolute atomic E-state index is 12.0. The highest BCUT2D eigenvalue weighted by atomic mass is 32.2. The molecule has 5 nitrogen and oxygen atoms in total. The van der Waals surface area contributed by atoms with Crippen molar-refractivity contribution in [1.82, 2.24) is 20.2 Å². The molecule has 0 bridgehead atoms. The van der Waals surface area contributed by atoms with Gasteiger partial charge in [0.2, 0.25) is 11.6 Å². The number of carbonyl (C=O) groups excluding carboxylic acids is 1. The van der Waals surface area contributed by atoms with Gasteiger partial charge in [-0.2, -0.15) is 0 Å². The van der Waals surface area contributed by atoms with Crippen LogP contribution in [0.5, 0.6) is 0 Å². The van der Waals surface area contributed by atoms with Crippen molar-refractivity contribution in [3.05, 3.63) is 35.7 Å². The lowest BCUT2D eigenvalue weighted by Gasteiger charge is -2.01. The number of ketones is 1. The number of hydrogen-bond acceptors (Lipinski definition) is 5. The van der Waals surface area contributed by atoms with Gasteiger partial charge in [0.1, 0.15) is 0 Å². The minimum absolute atomic E-state index is 0.164. The number of aryl methyl sites for hydroxylation is 1. The number of tetrazole rings is 1. The molecule has 0 saturated carbocycles. The number of aromatic nitrogens is 4. The number of benzene rings is 1.